The molecule has 3 aromatic rings. The first-order valence-corrected chi connectivity index (χ1v) is 10.3. The van der Waals surface area contributed by atoms with Crippen molar-refractivity contribution in [1.29, 1.82) is 0 Å². The number of anilines is 1. The molecule has 8 heteroatoms. The molecule has 1 aromatic heterocycles. The van der Waals surface area contributed by atoms with E-state index in [1.54, 1.807) is 24.3 Å². The summed E-state index contributed by atoms with van der Waals surface area (Å²) in [6.45, 7) is 4.07. The maximum atomic E-state index is 12.7. The van der Waals surface area contributed by atoms with Crippen LogP contribution in [-0.2, 0) is 11.3 Å². The van der Waals surface area contributed by atoms with Gasteiger partial charge in [-0.05, 0) is 62.7 Å². The second kappa shape index (κ2) is 9.09. The van der Waals surface area contributed by atoms with Gasteiger partial charge < -0.3 is 15.6 Å². The molecule has 1 fully saturated rings. The third kappa shape index (κ3) is 5.16. The predicted molar refractivity (Wildman–Crippen MR) is 116 cm³/mol. The van der Waals surface area contributed by atoms with E-state index in [1.165, 1.54) is 5.56 Å². The summed E-state index contributed by atoms with van der Waals surface area (Å²) in [5.74, 6) is 0.449. The van der Waals surface area contributed by atoms with Crippen LogP contribution >= 0.6 is 0 Å². The van der Waals surface area contributed by atoms with Crippen molar-refractivity contribution in [1.82, 2.24) is 15.0 Å². The zero-order chi connectivity index (χ0) is 21.8. The van der Waals surface area contributed by atoms with Crippen LogP contribution in [0.3, 0.4) is 0 Å². The minimum atomic E-state index is -0.493. The number of nitrogens with two attached hydrogens (primary N) is 1. The Morgan fingerprint density at radius 2 is 1.90 bits per heavy atom. The Labute approximate surface area is 180 Å². The van der Waals surface area contributed by atoms with Crippen LogP contribution in [0.1, 0.15) is 34.6 Å². The number of likely N-dealkylation sites (tertiary alicyclic amines) is 1. The zero-order valence-corrected chi connectivity index (χ0v) is 17.4. The lowest BCUT2D eigenvalue weighted by molar-refractivity contribution is -0.121. The number of amides is 2. The second-order valence-electron chi connectivity index (χ2n) is 7.89. The lowest BCUT2D eigenvalue weighted by Gasteiger charge is -2.31. The van der Waals surface area contributed by atoms with Gasteiger partial charge in [-0.25, -0.2) is 0 Å². The summed E-state index contributed by atoms with van der Waals surface area (Å²) in [4.78, 5) is 30.6. The number of nitrogens with one attached hydrogen (secondary N) is 1. The maximum absolute atomic E-state index is 12.7. The molecular formula is C23H25N5O3. The molecule has 1 atom stereocenters. The summed E-state index contributed by atoms with van der Waals surface area (Å²) in [5, 5.41) is 7.03. The number of rotatable bonds is 6. The van der Waals surface area contributed by atoms with Crippen LogP contribution in [0.25, 0.3) is 11.5 Å². The Kier molecular flexibility index (Phi) is 6.08. The first-order valence-electron chi connectivity index (χ1n) is 10.3. The topological polar surface area (TPSA) is 114 Å². The summed E-state index contributed by atoms with van der Waals surface area (Å²) in [5.41, 5.74) is 8.37. The van der Waals surface area contributed by atoms with Crippen LogP contribution in [0.4, 0.5) is 5.69 Å². The summed E-state index contributed by atoms with van der Waals surface area (Å²) in [7, 11) is 0. The molecule has 8 nitrogen and oxygen atoms in total. The Hall–Kier alpha value is -3.52. The third-order valence-electron chi connectivity index (χ3n) is 5.44. The number of aromatic nitrogens is 2. The van der Waals surface area contributed by atoms with E-state index in [-0.39, 0.29) is 11.8 Å². The van der Waals surface area contributed by atoms with Crippen LogP contribution in [0.2, 0.25) is 0 Å². The highest BCUT2D eigenvalue weighted by Gasteiger charge is 2.27. The molecule has 160 valence electrons. The molecule has 2 heterocycles. The molecule has 1 aliphatic rings. The largest absolute Gasteiger partial charge is 0.366 e. The van der Waals surface area contributed by atoms with E-state index in [9.17, 15) is 9.59 Å². The van der Waals surface area contributed by atoms with Crippen molar-refractivity contribution in [3.63, 3.8) is 0 Å². The standard InChI is InChI=1S/C23H25N5O3/c1-15-4-6-17(7-5-15)23-26-20(27-31-23)14-28-12-2-3-18(13-28)22(30)25-19-10-8-16(9-11-19)21(24)29/h4-11,18H,2-3,12-14H2,1H3,(H2,24,29)(H,25,30). The fourth-order valence-electron chi connectivity index (χ4n) is 3.71. The van der Waals surface area contributed by atoms with Gasteiger partial charge in [-0.15, -0.1) is 0 Å². The van der Waals surface area contributed by atoms with Crippen molar-refractivity contribution in [2.24, 2.45) is 11.7 Å². The number of carbonyl (C=O) groups is 2. The smallest absolute Gasteiger partial charge is 0.257 e. The number of nitrogens with zero attached hydrogens (tertiary/aromatic N) is 3. The molecule has 0 radical (unpaired) electrons. The van der Waals surface area contributed by atoms with Gasteiger partial charge in [0, 0.05) is 23.4 Å². The van der Waals surface area contributed by atoms with E-state index in [0.717, 1.165) is 24.9 Å². The van der Waals surface area contributed by atoms with Gasteiger partial charge in [0.15, 0.2) is 5.82 Å². The van der Waals surface area contributed by atoms with E-state index in [2.05, 4.69) is 20.4 Å². The Morgan fingerprint density at radius 3 is 2.61 bits per heavy atom. The number of carbonyl (C=O) groups excluding carboxylic acids is 2. The molecular weight excluding hydrogens is 394 g/mol. The van der Waals surface area contributed by atoms with Crippen molar-refractivity contribution in [2.75, 3.05) is 18.4 Å². The molecule has 1 aliphatic heterocycles. The molecule has 2 amide bonds. The third-order valence-corrected chi connectivity index (χ3v) is 5.44. The van der Waals surface area contributed by atoms with Gasteiger partial charge in [0.05, 0.1) is 12.5 Å². The van der Waals surface area contributed by atoms with Crippen LogP contribution in [0, 0.1) is 12.8 Å². The minimum absolute atomic E-state index is 0.0371. The lowest BCUT2D eigenvalue weighted by atomic mass is 9.97. The van der Waals surface area contributed by atoms with Crippen molar-refractivity contribution in [2.45, 2.75) is 26.3 Å². The Morgan fingerprint density at radius 1 is 1.16 bits per heavy atom. The molecule has 2 aromatic carbocycles. The fourth-order valence-corrected chi connectivity index (χ4v) is 3.71. The number of piperidine rings is 1. The number of hydrogen-bond donors (Lipinski definition) is 2. The Balaban J connectivity index is 1.34. The predicted octanol–water partition coefficient (Wildman–Crippen LogP) is 2.99. The van der Waals surface area contributed by atoms with Crippen LogP contribution in [0.15, 0.2) is 53.1 Å². The zero-order valence-electron chi connectivity index (χ0n) is 17.4. The molecule has 0 bridgehead atoms. The van der Waals surface area contributed by atoms with E-state index in [4.69, 9.17) is 10.3 Å². The minimum Gasteiger partial charge on any atom is -0.366 e. The summed E-state index contributed by atoms with van der Waals surface area (Å²) in [6.07, 6.45) is 1.74. The summed E-state index contributed by atoms with van der Waals surface area (Å²) < 4.78 is 5.41. The van der Waals surface area contributed by atoms with Crippen LogP contribution < -0.4 is 11.1 Å². The number of aryl methyl sites for hydroxylation is 1. The fraction of sp³-hybridized carbons (Fsp3) is 0.304. The van der Waals surface area contributed by atoms with E-state index in [0.29, 0.717) is 36.1 Å². The molecule has 3 N–H and O–H groups in total. The van der Waals surface area contributed by atoms with Gasteiger partial charge in [-0.2, -0.15) is 4.98 Å². The van der Waals surface area contributed by atoms with Crippen molar-refractivity contribution >= 4 is 17.5 Å². The molecule has 4 rings (SSSR count). The first-order chi connectivity index (χ1) is 15.0. The van der Waals surface area contributed by atoms with Gasteiger partial charge in [0.2, 0.25) is 11.8 Å². The molecule has 1 unspecified atom stereocenters. The van der Waals surface area contributed by atoms with Gasteiger partial charge in [-0.1, -0.05) is 22.9 Å². The highest BCUT2D eigenvalue weighted by atomic mass is 16.5. The van der Waals surface area contributed by atoms with Gasteiger partial charge in [0.25, 0.3) is 5.89 Å². The quantitative estimate of drug-likeness (QED) is 0.635. The molecule has 0 aliphatic carbocycles. The number of hydrogen-bond acceptors (Lipinski definition) is 6. The van der Waals surface area contributed by atoms with E-state index in [1.807, 2.05) is 31.2 Å². The first kappa shape index (κ1) is 20.7. The SMILES string of the molecule is Cc1ccc(-c2nc(CN3CCCC(C(=O)Nc4ccc(C(N)=O)cc4)C3)no2)cc1. The van der Waals surface area contributed by atoms with E-state index < -0.39 is 5.91 Å². The highest BCUT2D eigenvalue weighted by Crippen LogP contribution is 2.22. The summed E-state index contributed by atoms with van der Waals surface area (Å²) >= 11 is 0. The monoisotopic (exact) mass is 419 g/mol. The average molecular weight is 419 g/mol. The normalized spacial score (nSPS) is 16.7. The Bertz CT molecular complexity index is 1060. The maximum Gasteiger partial charge on any atom is 0.257 e. The lowest BCUT2D eigenvalue weighted by Crippen LogP contribution is -2.40. The second-order valence-corrected chi connectivity index (χ2v) is 7.89. The van der Waals surface area contributed by atoms with Gasteiger partial charge >= 0.3 is 0 Å². The summed E-state index contributed by atoms with van der Waals surface area (Å²) in [6, 6.07) is 14.5. The average Bonchev–Trinajstić information content (AvgIpc) is 3.23. The molecule has 1 saturated heterocycles. The molecule has 31 heavy (non-hydrogen) atoms. The molecule has 0 saturated carbocycles. The molecule has 0 spiro atoms. The van der Waals surface area contributed by atoms with Gasteiger partial charge in [0.1, 0.15) is 0 Å². The van der Waals surface area contributed by atoms with Crippen LogP contribution in [0.5, 0.6) is 0 Å². The van der Waals surface area contributed by atoms with Crippen molar-refractivity contribution in [3.05, 3.63) is 65.5 Å². The van der Waals surface area contributed by atoms with Crippen molar-refractivity contribution < 1.29 is 14.1 Å². The van der Waals surface area contributed by atoms with E-state index >= 15 is 0 Å². The number of benzene rings is 2. The highest BCUT2D eigenvalue weighted by molar-refractivity contribution is 5.95. The van der Waals surface area contributed by atoms with Gasteiger partial charge in [-0.3, -0.25) is 14.5 Å². The number of primary amides is 1. The van der Waals surface area contributed by atoms with Crippen molar-refractivity contribution in [3.8, 4) is 11.5 Å². The van der Waals surface area contributed by atoms with Crippen LogP contribution in [-0.4, -0.2) is 39.9 Å².